The summed E-state index contributed by atoms with van der Waals surface area (Å²) in [5.41, 5.74) is 1.84. The maximum Gasteiger partial charge on any atom is 0.124 e. The van der Waals surface area contributed by atoms with E-state index < -0.39 is 0 Å². The van der Waals surface area contributed by atoms with Gasteiger partial charge in [-0.05, 0) is 30.7 Å². The molecule has 0 aliphatic rings. The molecule has 1 N–H and O–H groups in total. The molecular weight excluding hydrogens is 253 g/mol. The second-order valence-electron chi connectivity index (χ2n) is 4.25. The van der Waals surface area contributed by atoms with Gasteiger partial charge in [-0.3, -0.25) is 4.68 Å². The highest BCUT2D eigenvalue weighted by Gasteiger charge is 2.10. The SMILES string of the molecule is CC(NCc1ccn(C)n1)c1ccc(F)cc1Cl. The van der Waals surface area contributed by atoms with Crippen LogP contribution in [-0.4, -0.2) is 9.78 Å². The molecule has 0 saturated carbocycles. The number of nitrogens with one attached hydrogen (secondary N) is 1. The molecule has 3 nitrogen and oxygen atoms in total. The Morgan fingerprint density at radius 2 is 2.22 bits per heavy atom. The van der Waals surface area contributed by atoms with E-state index in [9.17, 15) is 4.39 Å². The summed E-state index contributed by atoms with van der Waals surface area (Å²) in [5.74, 6) is -0.319. The number of hydrogen-bond donors (Lipinski definition) is 1. The van der Waals surface area contributed by atoms with Crippen LogP contribution in [0, 0.1) is 5.82 Å². The van der Waals surface area contributed by atoms with E-state index >= 15 is 0 Å². The summed E-state index contributed by atoms with van der Waals surface area (Å²) in [5, 5.41) is 8.02. The monoisotopic (exact) mass is 267 g/mol. The first kappa shape index (κ1) is 13.1. The van der Waals surface area contributed by atoms with Gasteiger partial charge in [0.05, 0.1) is 5.69 Å². The lowest BCUT2D eigenvalue weighted by Gasteiger charge is -2.14. The van der Waals surface area contributed by atoms with Crippen molar-refractivity contribution >= 4 is 11.6 Å². The number of aromatic nitrogens is 2. The molecule has 0 radical (unpaired) electrons. The summed E-state index contributed by atoms with van der Waals surface area (Å²) in [6.07, 6.45) is 1.90. The van der Waals surface area contributed by atoms with Gasteiger partial charge in [0, 0.05) is 30.9 Å². The summed E-state index contributed by atoms with van der Waals surface area (Å²) in [6, 6.07) is 6.44. The van der Waals surface area contributed by atoms with E-state index in [1.54, 1.807) is 10.7 Å². The van der Waals surface area contributed by atoms with Crippen LogP contribution in [0.5, 0.6) is 0 Å². The van der Waals surface area contributed by atoms with Gasteiger partial charge in [0.15, 0.2) is 0 Å². The Labute approximate surface area is 111 Å². The van der Waals surface area contributed by atoms with Crippen LogP contribution < -0.4 is 5.32 Å². The summed E-state index contributed by atoms with van der Waals surface area (Å²) in [4.78, 5) is 0. The van der Waals surface area contributed by atoms with Crippen LogP contribution in [-0.2, 0) is 13.6 Å². The molecule has 0 spiro atoms. The van der Waals surface area contributed by atoms with Crippen LogP contribution >= 0.6 is 11.6 Å². The van der Waals surface area contributed by atoms with Crippen molar-refractivity contribution in [2.75, 3.05) is 0 Å². The lowest BCUT2D eigenvalue weighted by molar-refractivity contribution is 0.559. The average molecular weight is 268 g/mol. The number of benzene rings is 1. The molecule has 1 aromatic heterocycles. The number of rotatable bonds is 4. The quantitative estimate of drug-likeness (QED) is 0.923. The van der Waals surface area contributed by atoms with Crippen molar-refractivity contribution in [2.45, 2.75) is 19.5 Å². The molecule has 2 aromatic rings. The summed E-state index contributed by atoms with van der Waals surface area (Å²) in [6.45, 7) is 2.64. The van der Waals surface area contributed by atoms with Crippen molar-refractivity contribution in [3.8, 4) is 0 Å². The van der Waals surface area contributed by atoms with E-state index in [2.05, 4.69) is 10.4 Å². The van der Waals surface area contributed by atoms with Crippen molar-refractivity contribution in [2.24, 2.45) is 7.05 Å². The van der Waals surface area contributed by atoms with Gasteiger partial charge >= 0.3 is 0 Å². The molecule has 0 bridgehead atoms. The topological polar surface area (TPSA) is 29.9 Å². The third kappa shape index (κ3) is 3.09. The third-order valence-corrected chi connectivity index (χ3v) is 3.11. The molecule has 0 aliphatic heterocycles. The molecule has 18 heavy (non-hydrogen) atoms. The smallest absolute Gasteiger partial charge is 0.124 e. The number of aryl methyl sites for hydroxylation is 1. The van der Waals surface area contributed by atoms with E-state index in [0.717, 1.165) is 11.3 Å². The third-order valence-electron chi connectivity index (χ3n) is 2.79. The number of halogens is 2. The Balaban J connectivity index is 2.01. The minimum Gasteiger partial charge on any atom is -0.304 e. The predicted molar refractivity (Wildman–Crippen MR) is 69.9 cm³/mol. The zero-order valence-corrected chi connectivity index (χ0v) is 11.1. The van der Waals surface area contributed by atoms with Gasteiger partial charge in [-0.2, -0.15) is 5.10 Å². The first-order valence-corrected chi connectivity index (χ1v) is 6.11. The predicted octanol–water partition coefficient (Wildman–Crippen LogP) is 3.06. The zero-order valence-electron chi connectivity index (χ0n) is 10.3. The molecule has 0 aliphatic carbocycles. The van der Waals surface area contributed by atoms with Gasteiger partial charge in [0.2, 0.25) is 0 Å². The molecule has 1 unspecified atom stereocenters. The highest BCUT2D eigenvalue weighted by Crippen LogP contribution is 2.23. The van der Waals surface area contributed by atoms with E-state index in [1.165, 1.54) is 12.1 Å². The number of hydrogen-bond acceptors (Lipinski definition) is 2. The molecule has 5 heteroatoms. The lowest BCUT2D eigenvalue weighted by atomic mass is 10.1. The van der Waals surface area contributed by atoms with Crippen LogP contribution in [0.4, 0.5) is 4.39 Å². The van der Waals surface area contributed by atoms with E-state index in [1.807, 2.05) is 26.2 Å². The second-order valence-corrected chi connectivity index (χ2v) is 4.66. The molecule has 1 aromatic carbocycles. The van der Waals surface area contributed by atoms with Gasteiger partial charge in [-0.25, -0.2) is 4.39 Å². The minimum absolute atomic E-state index is 0.0418. The standard InChI is InChI=1S/C13H15ClFN3/c1-9(12-4-3-10(15)7-13(12)14)16-8-11-5-6-18(2)17-11/h3-7,9,16H,8H2,1-2H3. The van der Waals surface area contributed by atoms with E-state index in [4.69, 9.17) is 11.6 Å². The van der Waals surface area contributed by atoms with Crippen LogP contribution in [0.25, 0.3) is 0 Å². The molecule has 0 saturated heterocycles. The Morgan fingerprint density at radius 3 is 2.83 bits per heavy atom. The average Bonchev–Trinajstić information content (AvgIpc) is 2.72. The Hall–Kier alpha value is -1.39. The first-order valence-electron chi connectivity index (χ1n) is 5.73. The Morgan fingerprint density at radius 1 is 1.44 bits per heavy atom. The van der Waals surface area contributed by atoms with Crippen molar-refractivity contribution < 1.29 is 4.39 Å². The van der Waals surface area contributed by atoms with Crippen molar-refractivity contribution in [3.63, 3.8) is 0 Å². The maximum absolute atomic E-state index is 12.9. The molecular formula is C13H15ClFN3. The zero-order chi connectivity index (χ0) is 13.1. The molecule has 1 atom stereocenters. The molecule has 96 valence electrons. The van der Waals surface area contributed by atoms with Crippen LogP contribution in [0.1, 0.15) is 24.2 Å². The fraction of sp³-hybridized carbons (Fsp3) is 0.308. The fourth-order valence-electron chi connectivity index (χ4n) is 1.78. The largest absolute Gasteiger partial charge is 0.304 e. The number of nitrogens with zero attached hydrogens (tertiary/aromatic N) is 2. The van der Waals surface area contributed by atoms with Crippen LogP contribution in [0.3, 0.4) is 0 Å². The molecule has 0 fully saturated rings. The van der Waals surface area contributed by atoms with E-state index in [0.29, 0.717) is 11.6 Å². The van der Waals surface area contributed by atoms with Crippen molar-refractivity contribution in [1.29, 1.82) is 0 Å². The fourth-order valence-corrected chi connectivity index (χ4v) is 2.11. The Kier molecular flexibility index (Phi) is 3.99. The first-order chi connectivity index (χ1) is 8.56. The maximum atomic E-state index is 12.9. The summed E-state index contributed by atoms with van der Waals surface area (Å²) < 4.78 is 14.7. The minimum atomic E-state index is -0.319. The Bertz CT molecular complexity index is 539. The summed E-state index contributed by atoms with van der Waals surface area (Å²) >= 11 is 6.01. The van der Waals surface area contributed by atoms with Crippen LogP contribution in [0.15, 0.2) is 30.5 Å². The van der Waals surface area contributed by atoms with Crippen LogP contribution in [0.2, 0.25) is 5.02 Å². The van der Waals surface area contributed by atoms with Gasteiger partial charge in [0.25, 0.3) is 0 Å². The van der Waals surface area contributed by atoms with Gasteiger partial charge in [-0.1, -0.05) is 17.7 Å². The normalized spacial score (nSPS) is 12.7. The van der Waals surface area contributed by atoms with Gasteiger partial charge in [0.1, 0.15) is 5.82 Å². The summed E-state index contributed by atoms with van der Waals surface area (Å²) in [7, 11) is 1.88. The highest BCUT2D eigenvalue weighted by atomic mass is 35.5. The van der Waals surface area contributed by atoms with Gasteiger partial charge in [-0.15, -0.1) is 0 Å². The van der Waals surface area contributed by atoms with Crippen molar-refractivity contribution in [1.82, 2.24) is 15.1 Å². The molecule has 1 heterocycles. The molecule has 0 amide bonds. The second kappa shape index (κ2) is 5.50. The van der Waals surface area contributed by atoms with E-state index in [-0.39, 0.29) is 11.9 Å². The van der Waals surface area contributed by atoms with Crippen molar-refractivity contribution in [3.05, 3.63) is 52.6 Å². The highest BCUT2D eigenvalue weighted by molar-refractivity contribution is 6.31. The molecule has 2 rings (SSSR count). The van der Waals surface area contributed by atoms with Gasteiger partial charge < -0.3 is 5.32 Å². The lowest BCUT2D eigenvalue weighted by Crippen LogP contribution is -2.18.